The van der Waals surface area contributed by atoms with Gasteiger partial charge in [-0.3, -0.25) is 0 Å². The molecule has 2 aromatic rings. The molecule has 3 rings (SSSR count). The maximum Gasteiger partial charge on any atom is 0.120 e. The minimum atomic E-state index is 0.600. The van der Waals surface area contributed by atoms with E-state index in [1.54, 1.807) is 6.20 Å². The summed E-state index contributed by atoms with van der Waals surface area (Å²) >= 11 is 0. The third-order valence-corrected chi connectivity index (χ3v) is 3.73. The molecular weight excluding hydrogens is 236 g/mol. The second-order valence-corrected chi connectivity index (χ2v) is 5.09. The summed E-state index contributed by atoms with van der Waals surface area (Å²) in [6, 6.07) is 9.32. The molecule has 1 aliphatic rings. The van der Waals surface area contributed by atoms with Crippen LogP contribution in [0.1, 0.15) is 18.3 Å². The van der Waals surface area contributed by atoms with Crippen LogP contribution in [0.5, 0.6) is 0 Å². The third kappa shape index (κ3) is 2.63. The number of hydrogen-bond acceptors (Lipinski definition) is 3. The van der Waals surface area contributed by atoms with Crippen LogP contribution in [0, 0.1) is 0 Å². The van der Waals surface area contributed by atoms with E-state index in [9.17, 15) is 0 Å². The lowest BCUT2D eigenvalue weighted by atomic mass is 10.1. The fourth-order valence-electron chi connectivity index (χ4n) is 2.77. The van der Waals surface area contributed by atoms with Crippen molar-refractivity contribution < 1.29 is 0 Å². The van der Waals surface area contributed by atoms with Crippen molar-refractivity contribution in [1.82, 2.24) is 15.3 Å². The van der Waals surface area contributed by atoms with Crippen LogP contribution in [0.4, 0.5) is 5.69 Å². The van der Waals surface area contributed by atoms with Gasteiger partial charge in [0.2, 0.25) is 0 Å². The molecule has 1 aliphatic heterocycles. The zero-order valence-corrected chi connectivity index (χ0v) is 11.3. The van der Waals surface area contributed by atoms with E-state index in [0.29, 0.717) is 6.04 Å². The smallest absolute Gasteiger partial charge is 0.120 e. The molecule has 0 amide bonds. The third-order valence-electron chi connectivity index (χ3n) is 3.73. The van der Waals surface area contributed by atoms with E-state index in [4.69, 9.17) is 0 Å². The van der Waals surface area contributed by atoms with Crippen LogP contribution in [0.2, 0.25) is 0 Å². The van der Waals surface area contributed by atoms with E-state index in [0.717, 1.165) is 31.9 Å². The van der Waals surface area contributed by atoms with Gasteiger partial charge in [0.25, 0.3) is 0 Å². The summed E-state index contributed by atoms with van der Waals surface area (Å²) in [4.78, 5) is 9.80. The highest BCUT2D eigenvalue weighted by Crippen LogP contribution is 2.31. The predicted octanol–water partition coefficient (Wildman–Crippen LogP) is 1.95. The van der Waals surface area contributed by atoms with Crippen molar-refractivity contribution in [3.63, 3.8) is 0 Å². The summed E-state index contributed by atoms with van der Waals surface area (Å²) in [5.41, 5.74) is 2.87. The van der Waals surface area contributed by atoms with Gasteiger partial charge in [-0.25, -0.2) is 4.98 Å². The number of imidazole rings is 1. The zero-order chi connectivity index (χ0) is 13.1. The molecule has 2 heterocycles. The van der Waals surface area contributed by atoms with E-state index >= 15 is 0 Å². The number of rotatable bonds is 5. The molecule has 0 aliphatic carbocycles. The Bertz CT molecular complexity index is 521. The summed E-state index contributed by atoms with van der Waals surface area (Å²) in [5.74, 6) is 0.995. The molecular formula is C15H20N4. The molecule has 19 heavy (non-hydrogen) atoms. The van der Waals surface area contributed by atoms with Crippen LogP contribution < -0.4 is 10.2 Å². The normalized spacial score (nSPS) is 17.7. The number of para-hydroxylation sites is 1. The van der Waals surface area contributed by atoms with Gasteiger partial charge in [0.15, 0.2) is 0 Å². The van der Waals surface area contributed by atoms with Gasteiger partial charge in [0.1, 0.15) is 5.82 Å². The first-order valence-electron chi connectivity index (χ1n) is 6.88. The first-order valence-corrected chi connectivity index (χ1v) is 6.88. The van der Waals surface area contributed by atoms with Crippen LogP contribution in [0.25, 0.3) is 0 Å². The first-order chi connectivity index (χ1) is 9.34. The topological polar surface area (TPSA) is 44.0 Å². The number of anilines is 1. The Morgan fingerprint density at radius 3 is 3.16 bits per heavy atom. The summed E-state index contributed by atoms with van der Waals surface area (Å²) in [5, 5.41) is 3.43. The maximum absolute atomic E-state index is 4.20. The van der Waals surface area contributed by atoms with Crippen molar-refractivity contribution in [2.75, 3.05) is 18.0 Å². The zero-order valence-electron chi connectivity index (χ0n) is 11.3. The molecule has 0 fully saturated rings. The first kappa shape index (κ1) is 12.2. The van der Waals surface area contributed by atoms with E-state index in [2.05, 4.69) is 51.4 Å². The van der Waals surface area contributed by atoms with E-state index in [1.165, 1.54) is 11.3 Å². The molecule has 1 aromatic carbocycles. The molecule has 0 spiro atoms. The van der Waals surface area contributed by atoms with Crippen LogP contribution in [-0.2, 0) is 13.0 Å². The molecule has 0 saturated heterocycles. The molecule has 2 N–H and O–H groups in total. The number of hydrogen-bond donors (Lipinski definition) is 2. The average molecular weight is 256 g/mol. The van der Waals surface area contributed by atoms with E-state index < -0.39 is 0 Å². The number of nitrogens with zero attached hydrogens (tertiary/aromatic N) is 2. The fraction of sp³-hybridized carbons (Fsp3) is 0.400. The van der Waals surface area contributed by atoms with Crippen molar-refractivity contribution in [1.29, 1.82) is 0 Å². The van der Waals surface area contributed by atoms with Crippen LogP contribution in [0.3, 0.4) is 0 Å². The number of benzene rings is 1. The van der Waals surface area contributed by atoms with Crippen molar-refractivity contribution in [2.45, 2.75) is 25.9 Å². The lowest BCUT2D eigenvalue weighted by Crippen LogP contribution is -2.35. The quantitative estimate of drug-likeness (QED) is 0.804. The number of aromatic nitrogens is 2. The van der Waals surface area contributed by atoms with Crippen LogP contribution >= 0.6 is 0 Å². The summed E-state index contributed by atoms with van der Waals surface area (Å²) < 4.78 is 0. The molecule has 0 saturated carbocycles. The van der Waals surface area contributed by atoms with E-state index in [-0.39, 0.29) is 0 Å². The molecule has 0 bridgehead atoms. The summed E-state index contributed by atoms with van der Waals surface area (Å²) in [6.07, 6.45) is 4.81. The monoisotopic (exact) mass is 256 g/mol. The number of aromatic amines is 1. The van der Waals surface area contributed by atoms with Crippen molar-refractivity contribution in [3.8, 4) is 0 Å². The molecule has 4 nitrogen and oxygen atoms in total. The SMILES string of the molecule is CC1Cc2ccccc2N1CCNCc1ncc[nH]1. The van der Waals surface area contributed by atoms with Gasteiger partial charge in [-0.15, -0.1) is 0 Å². The Labute approximate surface area is 113 Å². The second-order valence-electron chi connectivity index (χ2n) is 5.09. The van der Waals surface area contributed by atoms with E-state index in [1.807, 2.05) is 6.20 Å². The van der Waals surface area contributed by atoms with Gasteiger partial charge in [-0.2, -0.15) is 0 Å². The molecule has 1 atom stereocenters. The van der Waals surface area contributed by atoms with Gasteiger partial charge in [0.05, 0.1) is 6.54 Å². The largest absolute Gasteiger partial charge is 0.367 e. The molecule has 1 unspecified atom stereocenters. The lowest BCUT2D eigenvalue weighted by Gasteiger charge is -2.25. The Hall–Kier alpha value is -1.81. The van der Waals surface area contributed by atoms with Gasteiger partial charge in [-0.1, -0.05) is 18.2 Å². The highest BCUT2D eigenvalue weighted by molar-refractivity contribution is 5.59. The predicted molar refractivity (Wildman–Crippen MR) is 77.2 cm³/mol. The van der Waals surface area contributed by atoms with Crippen LogP contribution in [0.15, 0.2) is 36.7 Å². The Balaban J connectivity index is 1.53. The lowest BCUT2D eigenvalue weighted by molar-refractivity contribution is 0.609. The van der Waals surface area contributed by atoms with Gasteiger partial charge in [0, 0.05) is 37.2 Å². The van der Waals surface area contributed by atoms with Gasteiger partial charge < -0.3 is 15.2 Å². The molecule has 1 aromatic heterocycles. The molecule has 4 heteroatoms. The Morgan fingerprint density at radius 1 is 1.42 bits per heavy atom. The maximum atomic E-state index is 4.20. The highest BCUT2D eigenvalue weighted by Gasteiger charge is 2.24. The average Bonchev–Trinajstić information content (AvgIpc) is 3.02. The molecule has 0 radical (unpaired) electrons. The number of H-pyrrole nitrogens is 1. The highest BCUT2D eigenvalue weighted by atomic mass is 15.2. The van der Waals surface area contributed by atoms with Crippen molar-refractivity contribution in [2.24, 2.45) is 0 Å². The van der Waals surface area contributed by atoms with Gasteiger partial charge in [-0.05, 0) is 25.0 Å². The summed E-state index contributed by atoms with van der Waals surface area (Å²) in [6.45, 7) is 5.11. The number of nitrogens with one attached hydrogen (secondary N) is 2. The van der Waals surface area contributed by atoms with Gasteiger partial charge >= 0.3 is 0 Å². The van der Waals surface area contributed by atoms with Crippen molar-refractivity contribution in [3.05, 3.63) is 48.0 Å². The standard InChI is InChI=1S/C15H20N4/c1-12-10-13-4-2-3-5-14(13)19(12)9-8-16-11-15-17-6-7-18-15/h2-7,12,16H,8-11H2,1H3,(H,17,18). The number of fused-ring (bicyclic) bond motifs is 1. The minimum Gasteiger partial charge on any atom is -0.367 e. The molecule has 100 valence electrons. The second kappa shape index (κ2) is 5.45. The Kier molecular flexibility index (Phi) is 3.51. The fourth-order valence-corrected chi connectivity index (χ4v) is 2.77. The minimum absolute atomic E-state index is 0.600. The van der Waals surface area contributed by atoms with Crippen molar-refractivity contribution >= 4 is 5.69 Å². The van der Waals surface area contributed by atoms with Crippen LogP contribution in [-0.4, -0.2) is 29.1 Å². The summed E-state index contributed by atoms with van der Waals surface area (Å²) in [7, 11) is 0. The Morgan fingerprint density at radius 2 is 2.32 bits per heavy atom.